The summed E-state index contributed by atoms with van der Waals surface area (Å²) in [6, 6.07) is 12.1. The van der Waals surface area contributed by atoms with Crippen molar-refractivity contribution in [2.45, 2.75) is 19.2 Å². The molecule has 136 valence electrons. The van der Waals surface area contributed by atoms with Crippen LogP contribution in [0.3, 0.4) is 0 Å². The van der Waals surface area contributed by atoms with Gasteiger partial charge in [0.15, 0.2) is 17.8 Å². The lowest BCUT2D eigenvalue weighted by molar-refractivity contribution is -0.137. The molecule has 0 saturated carbocycles. The molecule has 4 nitrogen and oxygen atoms in total. The van der Waals surface area contributed by atoms with Gasteiger partial charge < -0.3 is 9.30 Å². The molecule has 0 amide bonds. The van der Waals surface area contributed by atoms with Gasteiger partial charge in [-0.2, -0.15) is 13.2 Å². The van der Waals surface area contributed by atoms with Gasteiger partial charge >= 0.3 is 6.18 Å². The van der Waals surface area contributed by atoms with Gasteiger partial charge in [-0.15, -0.1) is 10.2 Å². The largest absolute Gasteiger partial charge is 0.483 e. The Morgan fingerprint density at radius 2 is 1.69 bits per heavy atom. The number of hydrogen-bond donors (Lipinski definition) is 0. The molecule has 0 spiro atoms. The molecular formula is C18H15ClF3N3O. The molecule has 0 radical (unpaired) electrons. The molecule has 8 heteroatoms. The molecule has 0 N–H and O–H groups in total. The van der Waals surface area contributed by atoms with Crippen molar-refractivity contribution in [1.29, 1.82) is 0 Å². The van der Waals surface area contributed by atoms with Gasteiger partial charge in [0.05, 0.1) is 5.56 Å². The Morgan fingerprint density at radius 3 is 2.35 bits per heavy atom. The van der Waals surface area contributed by atoms with Crippen molar-refractivity contribution in [3.8, 4) is 17.1 Å². The molecule has 0 aliphatic heterocycles. The third kappa shape index (κ3) is 3.67. The number of aromatic nitrogens is 3. The van der Waals surface area contributed by atoms with E-state index in [0.29, 0.717) is 16.6 Å². The number of hydrogen-bond acceptors (Lipinski definition) is 3. The quantitative estimate of drug-likeness (QED) is 0.616. The highest BCUT2D eigenvalue weighted by Crippen LogP contribution is 2.36. The van der Waals surface area contributed by atoms with Gasteiger partial charge in [-0.05, 0) is 37.3 Å². The van der Waals surface area contributed by atoms with Gasteiger partial charge in [0, 0.05) is 17.6 Å². The highest BCUT2D eigenvalue weighted by Gasteiger charge is 2.34. The maximum Gasteiger partial charge on any atom is 0.417 e. The van der Waals surface area contributed by atoms with Crippen LogP contribution in [0.25, 0.3) is 11.4 Å². The van der Waals surface area contributed by atoms with Crippen molar-refractivity contribution >= 4 is 11.6 Å². The van der Waals surface area contributed by atoms with E-state index in [1.807, 2.05) is 0 Å². The molecule has 0 saturated heterocycles. The molecule has 0 unspecified atom stereocenters. The number of alkyl halides is 3. The van der Waals surface area contributed by atoms with Crippen LogP contribution in [0.5, 0.6) is 5.75 Å². The molecule has 1 atom stereocenters. The molecule has 0 bridgehead atoms. The van der Waals surface area contributed by atoms with Crippen molar-refractivity contribution in [1.82, 2.24) is 14.8 Å². The summed E-state index contributed by atoms with van der Waals surface area (Å²) >= 11 is 5.84. The fourth-order valence-corrected chi connectivity index (χ4v) is 2.75. The second-order valence-electron chi connectivity index (χ2n) is 5.70. The van der Waals surface area contributed by atoms with Crippen LogP contribution >= 0.6 is 11.6 Å². The molecule has 0 fully saturated rings. The fraction of sp³-hybridized carbons (Fsp3) is 0.222. The van der Waals surface area contributed by atoms with E-state index in [1.165, 1.54) is 22.8 Å². The summed E-state index contributed by atoms with van der Waals surface area (Å²) in [4.78, 5) is 0. The highest BCUT2D eigenvalue weighted by atomic mass is 35.5. The third-order valence-corrected chi connectivity index (χ3v) is 4.12. The molecule has 0 aliphatic carbocycles. The summed E-state index contributed by atoms with van der Waals surface area (Å²) in [6.07, 6.45) is -4.99. The summed E-state index contributed by atoms with van der Waals surface area (Å²) < 4.78 is 47.1. The zero-order chi connectivity index (χ0) is 18.9. The van der Waals surface area contributed by atoms with E-state index < -0.39 is 17.8 Å². The molecule has 3 aromatic rings. The van der Waals surface area contributed by atoms with Gasteiger partial charge in [0.25, 0.3) is 0 Å². The second-order valence-corrected chi connectivity index (χ2v) is 6.13. The second kappa shape index (κ2) is 6.99. The Morgan fingerprint density at radius 1 is 1.04 bits per heavy atom. The maximum atomic E-state index is 13.3. The fourth-order valence-electron chi connectivity index (χ4n) is 2.63. The predicted molar refractivity (Wildman–Crippen MR) is 91.9 cm³/mol. The van der Waals surface area contributed by atoms with E-state index in [-0.39, 0.29) is 11.4 Å². The minimum atomic E-state index is -4.48. The van der Waals surface area contributed by atoms with Crippen molar-refractivity contribution in [3.05, 3.63) is 64.9 Å². The molecule has 2 aromatic carbocycles. The van der Waals surface area contributed by atoms with Gasteiger partial charge in [0.2, 0.25) is 0 Å². The van der Waals surface area contributed by atoms with E-state index in [2.05, 4.69) is 10.2 Å². The van der Waals surface area contributed by atoms with Crippen molar-refractivity contribution in [2.24, 2.45) is 7.05 Å². The van der Waals surface area contributed by atoms with Crippen LogP contribution in [-0.4, -0.2) is 14.8 Å². The molecule has 1 aromatic heterocycles. The van der Waals surface area contributed by atoms with Gasteiger partial charge in [-0.1, -0.05) is 29.8 Å². The van der Waals surface area contributed by atoms with Crippen LogP contribution in [-0.2, 0) is 13.2 Å². The number of nitrogens with zero attached hydrogens (tertiary/aromatic N) is 3. The number of benzene rings is 2. The van der Waals surface area contributed by atoms with Crippen LogP contribution in [0.1, 0.15) is 24.4 Å². The topological polar surface area (TPSA) is 39.9 Å². The van der Waals surface area contributed by atoms with Gasteiger partial charge in [0.1, 0.15) is 5.75 Å². The zero-order valence-corrected chi connectivity index (χ0v) is 14.7. The standard InChI is InChI=1S/C18H15ClF3N3O/c1-11(26-13-9-7-12(19)8-10-13)16-23-24-17(25(16)2)14-5-3-4-6-15(14)18(20,21)22/h3-11H,1-2H3/t11-/m0/s1. The first-order valence-electron chi connectivity index (χ1n) is 7.75. The minimum absolute atomic E-state index is 0.0278. The van der Waals surface area contributed by atoms with Crippen molar-refractivity contribution < 1.29 is 17.9 Å². The van der Waals surface area contributed by atoms with Crippen LogP contribution in [0.15, 0.2) is 48.5 Å². The van der Waals surface area contributed by atoms with E-state index in [4.69, 9.17) is 16.3 Å². The average Bonchev–Trinajstić information content (AvgIpc) is 2.98. The molecule has 0 aliphatic rings. The van der Waals surface area contributed by atoms with Crippen LogP contribution < -0.4 is 4.74 Å². The minimum Gasteiger partial charge on any atom is -0.483 e. The van der Waals surface area contributed by atoms with Crippen molar-refractivity contribution in [3.63, 3.8) is 0 Å². The monoisotopic (exact) mass is 381 g/mol. The lowest BCUT2D eigenvalue weighted by Crippen LogP contribution is -2.11. The summed E-state index contributed by atoms with van der Waals surface area (Å²) in [5.74, 6) is 1.11. The highest BCUT2D eigenvalue weighted by molar-refractivity contribution is 6.30. The number of ether oxygens (including phenoxy) is 1. The molecular weight excluding hydrogens is 367 g/mol. The van der Waals surface area contributed by atoms with Crippen molar-refractivity contribution in [2.75, 3.05) is 0 Å². The Balaban J connectivity index is 1.92. The van der Waals surface area contributed by atoms with Crippen LogP contribution in [0, 0.1) is 0 Å². The molecule has 26 heavy (non-hydrogen) atoms. The Labute approximate surface area is 153 Å². The molecule has 3 rings (SSSR count). The first kappa shape index (κ1) is 18.3. The van der Waals surface area contributed by atoms with E-state index >= 15 is 0 Å². The molecule has 1 heterocycles. The van der Waals surface area contributed by atoms with Gasteiger partial charge in [-0.3, -0.25) is 0 Å². The number of halogens is 4. The summed E-state index contributed by atoms with van der Waals surface area (Å²) in [5.41, 5.74) is -0.784. The first-order chi connectivity index (χ1) is 12.3. The van der Waals surface area contributed by atoms with Crippen LogP contribution in [0.4, 0.5) is 13.2 Å². The zero-order valence-electron chi connectivity index (χ0n) is 14.0. The number of rotatable bonds is 4. The van der Waals surface area contributed by atoms with E-state index in [9.17, 15) is 13.2 Å². The third-order valence-electron chi connectivity index (χ3n) is 3.87. The summed E-state index contributed by atoms with van der Waals surface area (Å²) in [5, 5.41) is 8.55. The lowest BCUT2D eigenvalue weighted by atomic mass is 10.1. The Kier molecular flexibility index (Phi) is 4.91. The summed E-state index contributed by atoms with van der Waals surface area (Å²) in [7, 11) is 1.61. The van der Waals surface area contributed by atoms with E-state index in [0.717, 1.165) is 6.07 Å². The van der Waals surface area contributed by atoms with E-state index in [1.54, 1.807) is 38.2 Å². The SMILES string of the molecule is C[C@H](Oc1ccc(Cl)cc1)c1nnc(-c2ccccc2C(F)(F)F)n1C. The normalized spacial score (nSPS) is 12.8. The smallest absolute Gasteiger partial charge is 0.417 e. The van der Waals surface area contributed by atoms with Crippen LogP contribution in [0.2, 0.25) is 5.02 Å². The predicted octanol–water partition coefficient (Wildman–Crippen LogP) is 5.29. The Bertz CT molecular complexity index is 907. The van der Waals surface area contributed by atoms with Gasteiger partial charge in [-0.25, -0.2) is 0 Å². The maximum absolute atomic E-state index is 13.3. The average molecular weight is 382 g/mol. The first-order valence-corrected chi connectivity index (χ1v) is 8.13. The Hall–Kier alpha value is -2.54. The lowest BCUT2D eigenvalue weighted by Gasteiger charge is -2.15. The summed E-state index contributed by atoms with van der Waals surface area (Å²) in [6.45, 7) is 1.75.